The minimum absolute atomic E-state index is 0. The second-order valence-electron chi connectivity index (χ2n) is 2.37. The van der Waals surface area contributed by atoms with Gasteiger partial charge in [-0.2, -0.15) is 0 Å². The van der Waals surface area contributed by atoms with Crippen molar-refractivity contribution in [3.63, 3.8) is 0 Å². The van der Waals surface area contributed by atoms with Crippen molar-refractivity contribution in [2.45, 2.75) is 12.8 Å². The van der Waals surface area contributed by atoms with Gasteiger partial charge in [0.05, 0.1) is 6.67 Å². The topological polar surface area (TPSA) is 12.0 Å². The van der Waals surface area contributed by atoms with Gasteiger partial charge in [0.2, 0.25) is 0 Å². The van der Waals surface area contributed by atoms with Gasteiger partial charge in [-0.05, 0) is 25.3 Å². The van der Waals surface area contributed by atoms with Crippen molar-refractivity contribution in [2.75, 3.05) is 19.8 Å². The van der Waals surface area contributed by atoms with Crippen LogP contribution in [0.25, 0.3) is 0 Å². The van der Waals surface area contributed by atoms with E-state index < -0.39 is 0 Å². The standard InChI is InChI=1S/C6H12FN.ClH/c7-4-6-2-1-3-8-5-6;/h6,8H,1-5H2;1H/t6-;/m1./s1. The van der Waals surface area contributed by atoms with E-state index in [1.807, 2.05) is 0 Å². The monoisotopic (exact) mass is 153 g/mol. The van der Waals surface area contributed by atoms with Gasteiger partial charge in [0.25, 0.3) is 0 Å². The second-order valence-corrected chi connectivity index (χ2v) is 2.37. The summed E-state index contributed by atoms with van der Waals surface area (Å²) in [5.41, 5.74) is 0. The third-order valence-corrected chi connectivity index (χ3v) is 1.62. The van der Waals surface area contributed by atoms with Gasteiger partial charge in [-0.1, -0.05) is 0 Å². The van der Waals surface area contributed by atoms with Crippen LogP contribution in [-0.2, 0) is 0 Å². The smallest absolute Gasteiger partial charge is 0.0934 e. The Labute approximate surface area is 61.4 Å². The molecule has 0 spiro atoms. The van der Waals surface area contributed by atoms with Crippen molar-refractivity contribution in [2.24, 2.45) is 5.92 Å². The summed E-state index contributed by atoms with van der Waals surface area (Å²) in [4.78, 5) is 0. The zero-order valence-corrected chi connectivity index (χ0v) is 6.22. The van der Waals surface area contributed by atoms with Gasteiger partial charge in [-0.25, -0.2) is 0 Å². The summed E-state index contributed by atoms with van der Waals surface area (Å²) in [7, 11) is 0. The Morgan fingerprint density at radius 2 is 2.33 bits per heavy atom. The molecule has 1 aliphatic heterocycles. The first-order valence-electron chi connectivity index (χ1n) is 3.20. The zero-order chi connectivity index (χ0) is 5.82. The number of piperidine rings is 1. The molecule has 3 heteroatoms. The summed E-state index contributed by atoms with van der Waals surface area (Å²) in [5.74, 6) is 0.309. The predicted molar refractivity (Wildman–Crippen MR) is 38.8 cm³/mol. The molecule has 0 aromatic rings. The maximum absolute atomic E-state index is 11.8. The fourth-order valence-electron chi connectivity index (χ4n) is 1.06. The molecule has 9 heavy (non-hydrogen) atoms. The molecule has 1 heterocycles. The molecule has 1 rings (SSSR count). The van der Waals surface area contributed by atoms with E-state index >= 15 is 0 Å². The average Bonchev–Trinajstić information content (AvgIpc) is 1.90. The predicted octanol–water partition coefficient (Wildman–Crippen LogP) is 1.38. The van der Waals surface area contributed by atoms with Crippen LogP contribution in [0.2, 0.25) is 0 Å². The maximum Gasteiger partial charge on any atom is 0.0934 e. The highest BCUT2D eigenvalue weighted by Gasteiger charge is 2.10. The Bertz CT molecular complexity index is 64.1. The summed E-state index contributed by atoms with van der Waals surface area (Å²) < 4.78 is 11.8. The summed E-state index contributed by atoms with van der Waals surface area (Å²) in [6.07, 6.45) is 2.22. The Morgan fingerprint density at radius 1 is 1.56 bits per heavy atom. The summed E-state index contributed by atoms with van der Waals surface area (Å²) >= 11 is 0. The minimum Gasteiger partial charge on any atom is -0.316 e. The van der Waals surface area contributed by atoms with Crippen molar-refractivity contribution >= 4 is 12.4 Å². The molecular weight excluding hydrogens is 141 g/mol. The molecule has 56 valence electrons. The van der Waals surface area contributed by atoms with Gasteiger partial charge in [0.1, 0.15) is 0 Å². The van der Waals surface area contributed by atoms with E-state index in [1.165, 1.54) is 0 Å². The van der Waals surface area contributed by atoms with Crippen LogP contribution in [0.5, 0.6) is 0 Å². The lowest BCUT2D eigenvalue weighted by atomic mass is 10.0. The van der Waals surface area contributed by atoms with E-state index in [0.29, 0.717) is 5.92 Å². The largest absolute Gasteiger partial charge is 0.316 e. The second kappa shape index (κ2) is 5.00. The van der Waals surface area contributed by atoms with E-state index in [1.54, 1.807) is 0 Å². The lowest BCUT2D eigenvalue weighted by molar-refractivity contribution is 0.296. The fraction of sp³-hybridized carbons (Fsp3) is 1.00. The van der Waals surface area contributed by atoms with Gasteiger partial charge in [0, 0.05) is 6.54 Å². The number of hydrogen-bond acceptors (Lipinski definition) is 1. The van der Waals surface area contributed by atoms with Gasteiger partial charge >= 0.3 is 0 Å². The summed E-state index contributed by atoms with van der Waals surface area (Å²) in [6, 6.07) is 0. The molecule has 1 fully saturated rings. The van der Waals surface area contributed by atoms with Crippen molar-refractivity contribution in [1.29, 1.82) is 0 Å². The van der Waals surface area contributed by atoms with Crippen LogP contribution < -0.4 is 5.32 Å². The van der Waals surface area contributed by atoms with Crippen molar-refractivity contribution in [1.82, 2.24) is 5.32 Å². The molecule has 1 atom stereocenters. The summed E-state index contributed by atoms with van der Waals surface area (Å²) in [6.45, 7) is 1.82. The van der Waals surface area contributed by atoms with Gasteiger partial charge in [0.15, 0.2) is 0 Å². The third kappa shape index (κ3) is 3.01. The van der Waals surface area contributed by atoms with Crippen molar-refractivity contribution < 1.29 is 4.39 Å². The van der Waals surface area contributed by atoms with Gasteiger partial charge < -0.3 is 5.32 Å². The first-order chi connectivity index (χ1) is 3.93. The third-order valence-electron chi connectivity index (χ3n) is 1.62. The lowest BCUT2D eigenvalue weighted by Gasteiger charge is -2.18. The maximum atomic E-state index is 11.8. The summed E-state index contributed by atoms with van der Waals surface area (Å²) in [5, 5.41) is 3.15. The number of rotatable bonds is 1. The molecule has 0 aromatic carbocycles. The lowest BCUT2D eigenvalue weighted by Crippen LogP contribution is -2.30. The SMILES string of the molecule is Cl.FC[C@H]1CCCNC1. The Hall–Kier alpha value is 0.180. The van der Waals surface area contributed by atoms with Crippen LogP contribution in [0.15, 0.2) is 0 Å². The van der Waals surface area contributed by atoms with Gasteiger partial charge in [-0.15, -0.1) is 12.4 Å². The Morgan fingerprint density at radius 3 is 2.67 bits per heavy atom. The van der Waals surface area contributed by atoms with Crippen LogP contribution in [0.1, 0.15) is 12.8 Å². The van der Waals surface area contributed by atoms with Crippen LogP contribution in [0.4, 0.5) is 4.39 Å². The molecule has 1 saturated heterocycles. The zero-order valence-electron chi connectivity index (χ0n) is 5.40. The number of alkyl halides is 1. The van der Waals surface area contributed by atoms with Crippen LogP contribution in [0.3, 0.4) is 0 Å². The van der Waals surface area contributed by atoms with Crippen LogP contribution in [-0.4, -0.2) is 19.8 Å². The first-order valence-corrected chi connectivity index (χ1v) is 3.20. The molecule has 1 aliphatic rings. The molecule has 0 aliphatic carbocycles. The molecule has 0 saturated carbocycles. The van der Waals surface area contributed by atoms with E-state index in [0.717, 1.165) is 25.9 Å². The molecule has 1 N–H and O–H groups in total. The van der Waals surface area contributed by atoms with E-state index in [2.05, 4.69) is 5.32 Å². The molecule has 0 bridgehead atoms. The Kier molecular flexibility index (Phi) is 5.10. The Balaban J connectivity index is 0.000000640. The number of halogens is 2. The number of nitrogens with one attached hydrogen (secondary N) is 1. The van der Waals surface area contributed by atoms with E-state index in [4.69, 9.17) is 0 Å². The minimum atomic E-state index is -0.146. The highest BCUT2D eigenvalue weighted by Crippen LogP contribution is 2.08. The molecule has 0 aromatic heterocycles. The van der Waals surface area contributed by atoms with Crippen molar-refractivity contribution in [3.8, 4) is 0 Å². The van der Waals surface area contributed by atoms with E-state index in [9.17, 15) is 4.39 Å². The fourth-order valence-corrected chi connectivity index (χ4v) is 1.06. The molecule has 1 nitrogen and oxygen atoms in total. The van der Waals surface area contributed by atoms with E-state index in [-0.39, 0.29) is 19.1 Å². The van der Waals surface area contributed by atoms with Crippen molar-refractivity contribution in [3.05, 3.63) is 0 Å². The molecule has 0 unspecified atom stereocenters. The number of hydrogen-bond donors (Lipinski definition) is 1. The normalized spacial score (nSPS) is 27.0. The highest BCUT2D eigenvalue weighted by atomic mass is 35.5. The molecule has 0 amide bonds. The van der Waals surface area contributed by atoms with Gasteiger partial charge in [-0.3, -0.25) is 4.39 Å². The molecule has 0 radical (unpaired) electrons. The first kappa shape index (κ1) is 9.18. The van der Waals surface area contributed by atoms with Crippen LogP contribution >= 0.6 is 12.4 Å². The highest BCUT2D eigenvalue weighted by molar-refractivity contribution is 5.85. The average molecular weight is 154 g/mol. The quantitative estimate of drug-likeness (QED) is 0.600. The van der Waals surface area contributed by atoms with Crippen LogP contribution in [0, 0.1) is 5.92 Å². The molecular formula is C6H13ClFN.